The fraction of sp³-hybridized carbons (Fsp3) is 0.500. The second-order valence-electron chi connectivity index (χ2n) is 2.79. The normalized spacial score (nSPS) is 14.0. The molecule has 4 nitrogen and oxygen atoms in total. The molecule has 1 amide bonds. The molecule has 12 heavy (non-hydrogen) atoms. The van der Waals surface area contributed by atoms with Gasteiger partial charge in [-0.2, -0.15) is 0 Å². The van der Waals surface area contributed by atoms with E-state index in [1.807, 2.05) is 0 Å². The van der Waals surface area contributed by atoms with Gasteiger partial charge in [-0.05, 0) is 12.8 Å². The molecule has 0 radical (unpaired) electrons. The summed E-state index contributed by atoms with van der Waals surface area (Å²) in [6, 6.07) is 0. The number of amides is 1. The van der Waals surface area contributed by atoms with E-state index in [1.54, 1.807) is 19.9 Å². The summed E-state index contributed by atoms with van der Waals surface area (Å²) in [5, 5.41) is 8.39. The molecule has 3 N–H and O–H groups in total. The Morgan fingerprint density at radius 3 is 2.42 bits per heavy atom. The Hall–Kier alpha value is -1.32. The number of carbonyl (C=O) groups excluding carboxylic acids is 1. The largest absolute Gasteiger partial charge is 0.481 e. The van der Waals surface area contributed by atoms with Crippen molar-refractivity contribution < 1.29 is 14.7 Å². The highest BCUT2D eigenvalue weighted by atomic mass is 16.4. The minimum absolute atomic E-state index is 0.0185. The van der Waals surface area contributed by atoms with Crippen molar-refractivity contribution in [3.05, 3.63) is 11.6 Å². The average Bonchev–Trinajstić information content (AvgIpc) is 1.84. The highest BCUT2D eigenvalue weighted by Gasteiger charge is 2.06. The van der Waals surface area contributed by atoms with Gasteiger partial charge in [0.15, 0.2) is 0 Å². The lowest BCUT2D eigenvalue weighted by Gasteiger charge is -2.02. The number of aliphatic carboxylic acids is 1. The first-order chi connectivity index (χ1) is 5.43. The fourth-order valence-corrected chi connectivity index (χ4v) is 0.843. The Labute approximate surface area is 71.1 Å². The number of allylic oxidation sites excluding steroid dienone is 1. The number of primary amides is 1. The van der Waals surface area contributed by atoms with Crippen molar-refractivity contribution in [1.82, 2.24) is 0 Å². The molecule has 0 bridgehead atoms. The molecule has 0 spiro atoms. The summed E-state index contributed by atoms with van der Waals surface area (Å²) in [4.78, 5) is 20.7. The van der Waals surface area contributed by atoms with E-state index in [-0.39, 0.29) is 12.3 Å². The van der Waals surface area contributed by atoms with Crippen LogP contribution in [0.5, 0.6) is 0 Å². The zero-order valence-corrected chi connectivity index (χ0v) is 7.20. The van der Waals surface area contributed by atoms with E-state index in [4.69, 9.17) is 10.8 Å². The molecule has 0 aromatic heterocycles. The molecule has 0 heterocycles. The summed E-state index contributed by atoms with van der Waals surface area (Å²) in [5.74, 6) is -1.54. The van der Waals surface area contributed by atoms with Crippen LogP contribution in [-0.4, -0.2) is 17.0 Å². The average molecular weight is 171 g/mol. The highest BCUT2D eigenvalue weighted by Crippen LogP contribution is 2.06. The Balaban J connectivity index is 4.14. The molecule has 0 saturated heterocycles. The standard InChI is InChI=1S/C8H13NO3/c1-5(4-7(10)11)3-6(2)8(9)12/h3,5H,4H2,1-2H3,(H2,9,12)(H,10,11)/b6-3-. The number of hydrogen-bond donors (Lipinski definition) is 2. The number of carboxylic acids is 1. The monoisotopic (exact) mass is 171 g/mol. The predicted octanol–water partition coefficient (Wildman–Crippen LogP) is 0.529. The number of nitrogens with two attached hydrogens (primary N) is 1. The lowest BCUT2D eigenvalue weighted by atomic mass is 10.0. The molecule has 68 valence electrons. The van der Waals surface area contributed by atoms with Gasteiger partial charge in [-0.1, -0.05) is 13.0 Å². The summed E-state index contributed by atoms with van der Waals surface area (Å²) in [6.45, 7) is 3.29. The maximum Gasteiger partial charge on any atom is 0.303 e. The Kier molecular flexibility index (Phi) is 4.04. The van der Waals surface area contributed by atoms with Crippen LogP contribution in [0.15, 0.2) is 11.6 Å². The maximum atomic E-state index is 10.5. The van der Waals surface area contributed by atoms with Crippen molar-refractivity contribution in [2.24, 2.45) is 11.7 Å². The van der Waals surface area contributed by atoms with Crippen LogP contribution in [0.2, 0.25) is 0 Å². The lowest BCUT2D eigenvalue weighted by molar-refractivity contribution is -0.137. The molecule has 0 aromatic carbocycles. The molecule has 0 aliphatic heterocycles. The number of carboxylic acid groups (broad SMARTS) is 1. The Morgan fingerprint density at radius 1 is 1.58 bits per heavy atom. The van der Waals surface area contributed by atoms with Crippen LogP contribution in [0.4, 0.5) is 0 Å². The van der Waals surface area contributed by atoms with Gasteiger partial charge in [0, 0.05) is 5.57 Å². The van der Waals surface area contributed by atoms with Gasteiger partial charge >= 0.3 is 5.97 Å². The molecular weight excluding hydrogens is 158 g/mol. The van der Waals surface area contributed by atoms with E-state index in [2.05, 4.69) is 0 Å². The summed E-state index contributed by atoms with van der Waals surface area (Å²) in [7, 11) is 0. The van der Waals surface area contributed by atoms with E-state index < -0.39 is 11.9 Å². The van der Waals surface area contributed by atoms with Crippen LogP contribution in [0, 0.1) is 5.92 Å². The lowest BCUT2D eigenvalue weighted by Crippen LogP contribution is -2.13. The maximum absolute atomic E-state index is 10.5. The van der Waals surface area contributed by atoms with Crippen molar-refractivity contribution in [3.8, 4) is 0 Å². The first-order valence-electron chi connectivity index (χ1n) is 3.63. The van der Waals surface area contributed by atoms with Gasteiger partial charge in [0.2, 0.25) is 5.91 Å². The van der Waals surface area contributed by atoms with Gasteiger partial charge in [0.05, 0.1) is 6.42 Å². The zero-order chi connectivity index (χ0) is 9.72. The van der Waals surface area contributed by atoms with Crippen molar-refractivity contribution in [3.63, 3.8) is 0 Å². The van der Waals surface area contributed by atoms with Crippen molar-refractivity contribution in [2.45, 2.75) is 20.3 Å². The third-order valence-electron chi connectivity index (χ3n) is 1.42. The van der Waals surface area contributed by atoms with Crippen LogP contribution >= 0.6 is 0 Å². The van der Waals surface area contributed by atoms with Crippen LogP contribution in [-0.2, 0) is 9.59 Å². The second-order valence-corrected chi connectivity index (χ2v) is 2.79. The van der Waals surface area contributed by atoms with Gasteiger partial charge in [-0.3, -0.25) is 9.59 Å². The Morgan fingerprint density at radius 2 is 2.08 bits per heavy atom. The highest BCUT2D eigenvalue weighted by molar-refractivity contribution is 5.91. The van der Waals surface area contributed by atoms with E-state index >= 15 is 0 Å². The topological polar surface area (TPSA) is 80.4 Å². The summed E-state index contributed by atoms with van der Waals surface area (Å²) in [6.07, 6.45) is 1.58. The minimum Gasteiger partial charge on any atom is -0.481 e. The fourth-order valence-electron chi connectivity index (χ4n) is 0.843. The SMILES string of the molecule is C/C(=C/C(C)CC(=O)O)C(N)=O. The minimum atomic E-state index is -0.879. The van der Waals surface area contributed by atoms with Crippen molar-refractivity contribution >= 4 is 11.9 Å². The van der Waals surface area contributed by atoms with E-state index in [0.29, 0.717) is 5.57 Å². The van der Waals surface area contributed by atoms with Gasteiger partial charge in [0.25, 0.3) is 0 Å². The van der Waals surface area contributed by atoms with Crippen LogP contribution in [0.3, 0.4) is 0 Å². The number of rotatable bonds is 4. The van der Waals surface area contributed by atoms with Crippen LogP contribution in [0.1, 0.15) is 20.3 Å². The predicted molar refractivity (Wildman–Crippen MR) is 44.4 cm³/mol. The molecular formula is C8H13NO3. The van der Waals surface area contributed by atoms with Gasteiger partial charge < -0.3 is 10.8 Å². The van der Waals surface area contributed by atoms with Gasteiger partial charge in [-0.25, -0.2) is 0 Å². The van der Waals surface area contributed by atoms with E-state index in [9.17, 15) is 9.59 Å². The molecule has 1 unspecified atom stereocenters. The molecule has 0 aliphatic rings. The van der Waals surface area contributed by atoms with Crippen molar-refractivity contribution in [2.75, 3.05) is 0 Å². The first kappa shape index (κ1) is 10.7. The molecule has 0 aliphatic carbocycles. The molecule has 0 aromatic rings. The zero-order valence-electron chi connectivity index (χ0n) is 7.20. The molecule has 0 rings (SSSR count). The molecule has 0 saturated carbocycles. The third-order valence-corrected chi connectivity index (χ3v) is 1.42. The number of hydrogen-bond acceptors (Lipinski definition) is 2. The quantitative estimate of drug-likeness (QED) is 0.605. The van der Waals surface area contributed by atoms with E-state index in [0.717, 1.165) is 0 Å². The smallest absolute Gasteiger partial charge is 0.303 e. The van der Waals surface area contributed by atoms with Gasteiger partial charge in [0.1, 0.15) is 0 Å². The molecule has 0 fully saturated rings. The van der Waals surface area contributed by atoms with Crippen LogP contribution < -0.4 is 5.73 Å². The van der Waals surface area contributed by atoms with Gasteiger partial charge in [-0.15, -0.1) is 0 Å². The number of carbonyl (C=O) groups is 2. The van der Waals surface area contributed by atoms with E-state index in [1.165, 1.54) is 0 Å². The summed E-state index contributed by atoms with van der Waals surface area (Å²) >= 11 is 0. The first-order valence-corrected chi connectivity index (χ1v) is 3.63. The second kappa shape index (κ2) is 4.54. The van der Waals surface area contributed by atoms with Crippen molar-refractivity contribution in [1.29, 1.82) is 0 Å². The summed E-state index contributed by atoms with van der Waals surface area (Å²) in [5.41, 5.74) is 5.37. The summed E-state index contributed by atoms with van der Waals surface area (Å²) < 4.78 is 0. The molecule has 1 atom stereocenters. The Bertz CT molecular complexity index is 220. The van der Waals surface area contributed by atoms with Crippen LogP contribution in [0.25, 0.3) is 0 Å². The molecule has 4 heteroatoms. The third kappa shape index (κ3) is 4.49.